The smallest absolute Gasteiger partial charge is 0.408 e. The first kappa shape index (κ1) is 41.9. The Kier molecular flexibility index (Phi) is 12.3. The summed E-state index contributed by atoms with van der Waals surface area (Å²) in [4.78, 5) is 74.4. The molecule has 0 bridgehead atoms. The highest BCUT2D eigenvalue weighted by Gasteiger charge is 2.62. The highest BCUT2D eigenvalue weighted by Crippen LogP contribution is 2.45. The molecule has 1 saturated heterocycles. The number of ketones is 1. The van der Waals surface area contributed by atoms with Crippen LogP contribution in [0.4, 0.5) is 4.79 Å². The number of fused-ring (bicyclic) bond motifs is 1. The van der Waals surface area contributed by atoms with Gasteiger partial charge in [-0.1, -0.05) is 42.5 Å². The van der Waals surface area contributed by atoms with Gasteiger partial charge in [0.25, 0.3) is 5.91 Å². The Hall–Kier alpha value is -5.77. The number of likely N-dealkylation sites (tertiary alicyclic amines) is 1. The third-order valence-electron chi connectivity index (χ3n) is 10.2. The molecule has 308 valence electrons. The average Bonchev–Trinajstić information content (AvgIpc) is 4.11. The molecule has 58 heavy (non-hydrogen) atoms. The summed E-state index contributed by atoms with van der Waals surface area (Å²) in [5.74, 6) is -2.33. The van der Waals surface area contributed by atoms with Crippen LogP contribution in [0.3, 0.4) is 0 Å². The third-order valence-corrected chi connectivity index (χ3v) is 12.1. The first-order valence-electron chi connectivity index (χ1n) is 19.2. The van der Waals surface area contributed by atoms with Crippen LogP contribution in [-0.2, 0) is 33.9 Å². The topological polar surface area (TPSA) is 199 Å². The van der Waals surface area contributed by atoms with Gasteiger partial charge >= 0.3 is 6.09 Å². The minimum absolute atomic E-state index is 0.0550. The van der Waals surface area contributed by atoms with Gasteiger partial charge in [-0.15, -0.1) is 6.58 Å². The van der Waals surface area contributed by atoms with Crippen LogP contribution in [0.5, 0.6) is 11.6 Å². The van der Waals surface area contributed by atoms with Gasteiger partial charge in [0.05, 0.1) is 18.9 Å². The van der Waals surface area contributed by atoms with Crippen LogP contribution in [0.25, 0.3) is 16.8 Å². The number of hydrogen-bond acceptors (Lipinski definition) is 11. The molecule has 4 amide bonds. The zero-order valence-corrected chi connectivity index (χ0v) is 33.8. The van der Waals surface area contributed by atoms with Crippen molar-refractivity contribution in [2.24, 2.45) is 5.92 Å². The lowest BCUT2D eigenvalue weighted by Gasteiger charge is -2.30. The zero-order valence-electron chi connectivity index (χ0n) is 32.9. The van der Waals surface area contributed by atoms with Crippen molar-refractivity contribution in [1.82, 2.24) is 25.2 Å². The summed E-state index contributed by atoms with van der Waals surface area (Å²) in [6, 6.07) is 13.8. The van der Waals surface area contributed by atoms with Crippen LogP contribution in [0, 0.1) is 5.92 Å². The molecule has 3 N–H and O–H groups in total. The second kappa shape index (κ2) is 17.0. The summed E-state index contributed by atoms with van der Waals surface area (Å²) in [5.41, 5.74) is -1.72. The largest absolute Gasteiger partial charge is 0.497 e. The van der Waals surface area contributed by atoms with E-state index in [4.69, 9.17) is 14.2 Å². The van der Waals surface area contributed by atoms with E-state index in [1.807, 2.05) is 36.4 Å². The molecule has 2 aromatic carbocycles. The average molecular weight is 816 g/mol. The summed E-state index contributed by atoms with van der Waals surface area (Å²) in [6.07, 6.45) is 5.01. The number of benzene rings is 2. The molecule has 2 aliphatic carbocycles. The number of ether oxygens (including phenoxy) is 3. The van der Waals surface area contributed by atoms with E-state index in [-0.39, 0.29) is 43.9 Å². The predicted molar refractivity (Wildman–Crippen MR) is 215 cm³/mol. The molecule has 6 rings (SSSR count). The number of hydrogen-bond donors (Lipinski definition) is 3. The molecule has 2 saturated carbocycles. The summed E-state index contributed by atoms with van der Waals surface area (Å²) in [7, 11) is -2.39. The molecule has 2 heterocycles. The quantitative estimate of drug-likeness (QED) is 0.138. The number of carbonyl (C=O) groups is 5. The summed E-state index contributed by atoms with van der Waals surface area (Å²) in [6.45, 7) is 8.62. The van der Waals surface area contributed by atoms with Gasteiger partial charge in [0.2, 0.25) is 27.7 Å². The minimum Gasteiger partial charge on any atom is -0.497 e. The fraction of sp³-hybridized carbons (Fsp3) is 0.429. The van der Waals surface area contributed by atoms with Crippen molar-refractivity contribution in [2.45, 2.75) is 93.9 Å². The van der Waals surface area contributed by atoms with Gasteiger partial charge < -0.3 is 29.7 Å². The van der Waals surface area contributed by atoms with Crippen molar-refractivity contribution in [3.8, 4) is 11.6 Å². The number of rotatable bonds is 16. The summed E-state index contributed by atoms with van der Waals surface area (Å²) in [5, 5.41) is 6.11. The first-order valence-corrected chi connectivity index (χ1v) is 20.7. The number of amides is 4. The lowest BCUT2D eigenvalue weighted by atomic mass is 10.1. The number of nitrogens with zero attached hydrogens (tertiary/aromatic N) is 2. The summed E-state index contributed by atoms with van der Waals surface area (Å²) < 4.78 is 44.8. The van der Waals surface area contributed by atoms with E-state index < -0.39 is 74.3 Å². The van der Waals surface area contributed by atoms with Crippen molar-refractivity contribution in [1.29, 1.82) is 0 Å². The third kappa shape index (κ3) is 10.0. The van der Waals surface area contributed by atoms with Gasteiger partial charge in [-0.2, -0.15) is 0 Å². The standard InChI is InChI=1S/C42H49N5O10S/c1-6-28-24-42(28,39(51)46-58(53,54)32-16-17-32)45-36(49)35-23-31(56-37-33-18-15-30(55-5)22-27(33)20-21-43-37)25-47(35)38(50)34(44-40(52)57-41(2,3)4)19-14-29(48)13-12-26-10-8-7-9-11-26/h6-13,15,18,20-22,28,31-32,34-35H,1,14,16-17,19,23-25H2,2-5H3,(H,44,52)(H,45,49)(H,46,51)/t28-,31-,34+,35+,42-/m1/s1. The predicted octanol–water partition coefficient (Wildman–Crippen LogP) is 4.22. The van der Waals surface area contributed by atoms with Crippen LogP contribution in [0.2, 0.25) is 0 Å². The molecule has 15 nitrogen and oxygen atoms in total. The van der Waals surface area contributed by atoms with Crippen LogP contribution in [-0.4, -0.2) is 96.1 Å². The Morgan fingerprint density at radius 3 is 2.47 bits per heavy atom. The Bertz CT molecular complexity index is 2220. The number of methoxy groups -OCH3 is 1. The number of allylic oxidation sites excluding steroid dienone is 1. The van der Waals surface area contributed by atoms with Gasteiger partial charge in [0.1, 0.15) is 35.1 Å². The monoisotopic (exact) mass is 815 g/mol. The van der Waals surface area contributed by atoms with E-state index in [0.29, 0.717) is 24.0 Å². The van der Waals surface area contributed by atoms with Crippen LogP contribution < -0.4 is 24.8 Å². The van der Waals surface area contributed by atoms with E-state index >= 15 is 0 Å². The Morgan fingerprint density at radius 2 is 1.81 bits per heavy atom. The molecule has 16 heteroatoms. The Balaban J connectivity index is 1.28. The summed E-state index contributed by atoms with van der Waals surface area (Å²) >= 11 is 0. The van der Waals surface area contributed by atoms with Crippen molar-refractivity contribution < 1.29 is 46.6 Å². The molecule has 3 aliphatic rings. The van der Waals surface area contributed by atoms with Gasteiger partial charge in [-0.25, -0.2) is 18.2 Å². The fourth-order valence-corrected chi connectivity index (χ4v) is 8.30. The lowest BCUT2D eigenvalue weighted by Crippen LogP contribution is -2.58. The molecule has 1 aromatic heterocycles. The van der Waals surface area contributed by atoms with Crippen molar-refractivity contribution in [3.63, 3.8) is 0 Å². The normalized spacial score (nSPS) is 22.1. The number of nitrogens with one attached hydrogen (secondary N) is 3. The SMILES string of the molecule is C=C[C@@H]1C[C@]1(NC(=O)[C@@H]1C[C@@H](Oc2nccc3cc(OC)ccc23)CN1C(=O)[C@H](CCC(=O)C=Cc1ccccc1)NC(=O)OC(C)(C)C)C(=O)NS(=O)(=O)C1CC1. The molecule has 0 radical (unpaired) electrons. The molecule has 3 aromatic rings. The van der Waals surface area contributed by atoms with Crippen molar-refractivity contribution in [3.05, 3.63) is 85.1 Å². The maximum Gasteiger partial charge on any atom is 0.408 e. The van der Waals surface area contributed by atoms with Gasteiger partial charge in [-0.3, -0.25) is 23.9 Å². The van der Waals surface area contributed by atoms with Gasteiger partial charge in [0, 0.05) is 30.3 Å². The number of sulfonamides is 1. The molecule has 0 unspecified atom stereocenters. The highest BCUT2D eigenvalue weighted by atomic mass is 32.2. The number of alkyl carbamates (subject to hydrolysis) is 1. The van der Waals surface area contributed by atoms with Crippen LogP contribution >= 0.6 is 0 Å². The van der Waals surface area contributed by atoms with Crippen LogP contribution in [0.1, 0.15) is 64.9 Å². The zero-order chi connectivity index (χ0) is 41.8. The molecular formula is C42H49N5O10S. The van der Waals surface area contributed by atoms with Crippen LogP contribution in [0.15, 0.2) is 79.5 Å². The number of carbonyl (C=O) groups excluding carboxylic acids is 5. The lowest BCUT2D eigenvalue weighted by molar-refractivity contribution is -0.141. The van der Waals surface area contributed by atoms with E-state index in [9.17, 15) is 32.4 Å². The molecule has 3 fully saturated rings. The minimum atomic E-state index is -3.94. The maximum atomic E-state index is 14.6. The Morgan fingerprint density at radius 1 is 1.07 bits per heavy atom. The van der Waals surface area contributed by atoms with Crippen molar-refractivity contribution >= 4 is 56.5 Å². The molecule has 0 spiro atoms. The second-order valence-corrected chi connectivity index (χ2v) is 17.8. The molecule has 1 aliphatic heterocycles. The number of pyridine rings is 1. The maximum absolute atomic E-state index is 14.6. The molecular weight excluding hydrogens is 767 g/mol. The molecule has 5 atom stereocenters. The van der Waals surface area contributed by atoms with E-state index in [2.05, 4.69) is 26.9 Å². The Labute approximate surface area is 337 Å². The highest BCUT2D eigenvalue weighted by molar-refractivity contribution is 7.91. The van der Waals surface area contributed by atoms with Gasteiger partial charge in [-0.05, 0) is 87.7 Å². The van der Waals surface area contributed by atoms with E-state index in [1.165, 1.54) is 17.1 Å². The van der Waals surface area contributed by atoms with Crippen molar-refractivity contribution in [2.75, 3.05) is 13.7 Å². The number of aromatic nitrogens is 1. The first-order chi connectivity index (χ1) is 27.5. The van der Waals surface area contributed by atoms with E-state index in [0.717, 1.165) is 10.9 Å². The fourth-order valence-electron chi connectivity index (χ4n) is 6.93. The van der Waals surface area contributed by atoms with Gasteiger partial charge in [0.15, 0.2) is 5.78 Å². The van der Waals surface area contributed by atoms with E-state index in [1.54, 1.807) is 58.4 Å². The second-order valence-electron chi connectivity index (χ2n) is 15.8.